The minimum atomic E-state index is -1.62. The molecule has 0 aromatic heterocycles. The van der Waals surface area contributed by atoms with Crippen LogP contribution in [-0.4, -0.2) is 20.0 Å². The number of esters is 1. The summed E-state index contributed by atoms with van der Waals surface area (Å²) in [7, 11) is -1.62. The topological polar surface area (TPSA) is 26.3 Å². The van der Waals surface area contributed by atoms with Crippen LogP contribution >= 0.6 is 22.2 Å². The molecule has 64 valence electrons. The Morgan fingerprint density at radius 3 is 2.55 bits per heavy atom. The molecular weight excluding hydrogens is 203 g/mol. The molecule has 0 saturated carbocycles. The van der Waals surface area contributed by atoms with Gasteiger partial charge in [0, 0.05) is 11.6 Å². The SMILES string of the molecule is C=C(C)C(=O)OCC[SiH](Cl)Cl. The first kappa shape index (κ1) is 11.0. The molecule has 0 rings (SSSR count). The molecule has 0 spiro atoms. The van der Waals surface area contributed by atoms with Gasteiger partial charge in [0.2, 0.25) is 7.42 Å². The van der Waals surface area contributed by atoms with Crippen LogP contribution in [0.1, 0.15) is 6.92 Å². The van der Waals surface area contributed by atoms with Crippen molar-refractivity contribution < 1.29 is 9.53 Å². The van der Waals surface area contributed by atoms with Crippen LogP contribution in [0, 0.1) is 0 Å². The van der Waals surface area contributed by atoms with E-state index in [9.17, 15) is 4.79 Å². The molecule has 2 nitrogen and oxygen atoms in total. The normalized spacial score (nSPS) is 9.82. The summed E-state index contributed by atoms with van der Waals surface area (Å²) in [6.45, 7) is 5.32. The highest BCUT2D eigenvalue weighted by molar-refractivity contribution is 7.33. The van der Waals surface area contributed by atoms with Crippen LogP contribution in [0.4, 0.5) is 0 Å². The van der Waals surface area contributed by atoms with E-state index in [4.69, 9.17) is 26.9 Å². The van der Waals surface area contributed by atoms with E-state index < -0.39 is 7.42 Å². The van der Waals surface area contributed by atoms with E-state index >= 15 is 0 Å². The predicted octanol–water partition coefficient (Wildman–Crippen LogP) is 1.80. The second-order valence-corrected chi connectivity index (χ2v) is 7.29. The van der Waals surface area contributed by atoms with Crippen molar-refractivity contribution in [2.45, 2.75) is 13.0 Å². The molecule has 0 aliphatic heterocycles. The maximum Gasteiger partial charge on any atom is 0.333 e. The molecule has 0 amide bonds. The van der Waals surface area contributed by atoms with E-state index in [-0.39, 0.29) is 5.97 Å². The fourth-order valence-corrected chi connectivity index (χ4v) is 1.19. The van der Waals surface area contributed by atoms with Gasteiger partial charge in [-0.3, -0.25) is 0 Å². The van der Waals surface area contributed by atoms with Crippen LogP contribution in [0.25, 0.3) is 0 Å². The fourth-order valence-electron chi connectivity index (χ4n) is 0.364. The molecule has 11 heavy (non-hydrogen) atoms. The first-order chi connectivity index (χ1) is 5.04. The van der Waals surface area contributed by atoms with Crippen LogP contribution in [0.2, 0.25) is 6.04 Å². The molecule has 0 fully saturated rings. The van der Waals surface area contributed by atoms with Crippen LogP contribution in [-0.2, 0) is 9.53 Å². The Balaban J connectivity index is 3.40. The second kappa shape index (κ2) is 5.63. The summed E-state index contributed by atoms with van der Waals surface area (Å²) in [5.41, 5.74) is 0.396. The lowest BCUT2D eigenvalue weighted by atomic mass is 10.4. The number of carbonyl (C=O) groups excluding carboxylic acids is 1. The summed E-state index contributed by atoms with van der Waals surface area (Å²) < 4.78 is 4.74. The predicted molar refractivity (Wildman–Crippen MR) is 49.4 cm³/mol. The molecule has 0 saturated heterocycles. The Morgan fingerprint density at radius 2 is 2.18 bits per heavy atom. The van der Waals surface area contributed by atoms with Gasteiger partial charge in [-0.25, -0.2) is 4.79 Å². The van der Waals surface area contributed by atoms with Crippen molar-refractivity contribution in [3.8, 4) is 0 Å². The van der Waals surface area contributed by atoms with Gasteiger partial charge in [-0.05, 0) is 6.92 Å². The van der Waals surface area contributed by atoms with Crippen LogP contribution in [0.15, 0.2) is 12.2 Å². The third-order valence-corrected chi connectivity index (χ3v) is 2.90. The van der Waals surface area contributed by atoms with Crippen LogP contribution < -0.4 is 0 Å². The highest BCUT2D eigenvalue weighted by Crippen LogP contribution is 2.03. The molecule has 0 aliphatic rings. The molecule has 0 aliphatic carbocycles. The maximum absolute atomic E-state index is 10.7. The van der Waals surface area contributed by atoms with Gasteiger partial charge >= 0.3 is 5.97 Å². The molecule has 0 heterocycles. The quantitative estimate of drug-likeness (QED) is 0.308. The van der Waals surface area contributed by atoms with Crippen molar-refractivity contribution in [1.29, 1.82) is 0 Å². The van der Waals surface area contributed by atoms with Crippen molar-refractivity contribution in [2.24, 2.45) is 0 Å². The summed E-state index contributed by atoms with van der Waals surface area (Å²) in [6, 6.07) is 0.585. The first-order valence-corrected chi connectivity index (χ1v) is 7.45. The van der Waals surface area contributed by atoms with Gasteiger partial charge in [-0.1, -0.05) is 6.58 Å². The van der Waals surface area contributed by atoms with E-state index in [1.54, 1.807) is 6.92 Å². The first-order valence-electron chi connectivity index (χ1n) is 3.15. The molecule has 0 radical (unpaired) electrons. The summed E-state index contributed by atoms with van der Waals surface area (Å²) in [4.78, 5) is 10.7. The largest absolute Gasteiger partial charge is 0.463 e. The summed E-state index contributed by atoms with van der Waals surface area (Å²) in [5.74, 6) is -0.381. The Labute approximate surface area is 77.1 Å². The standard InChI is InChI=1S/C6H10Cl2O2Si/c1-5(2)6(9)10-3-4-11(7)8/h11H,1,3-4H2,2H3. The number of ether oxygens (including phenoxy) is 1. The second-order valence-electron chi connectivity index (χ2n) is 2.10. The highest BCUT2D eigenvalue weighted by atomic mass is 35.7. The van der Waals surface area contributed by atoms with Gasteiger partial charge < -0.3 is 4.74 Å². The Morgan fingerprint density at radius 1 is 1.64 bits per heavy atom. The third-order valence-electron chi connectivity index (χ3n) is 0.918. The van der Waals surface area contributed by atoms with Gasteiger partial charge in [0.05, 0.1) is 6.61 Å². The molecular formula is C6H10Cl2O2Si. The van der Waals surface area contributed by atoms with Crippen LogP contribution in [0.3, 0.4) is 0 Å². The number of halogens is 2. The minimum absolute atomic E-state index is 0.301. The van der Waals surface area contributed by atoms with E-state index in [0.717, 1.165) is 0 Å². The smallest absolute Gasteiger partial charge is 0.333 e. The summed E-state index contributed by atoms with van der Waals surface area (Å²) >= 11 is 11.1. The van der Waals surface area contributed by atoms with Crippen molar-refractivity contribution in [2.75, 3.05) is 6.61 Å². The minimum Gasteiger partial charge on any atom is -0.463 e. The molecule has 0 atom stereocenters. The zero-order valence-corrected chi connectivity index (χ0v) is 8.94. The van der Waals surface area contributed by atoms with E-state index in [2.05, 4.69) is 6.58 Å². The monoisotopic (exact) mass is 212 g/mol. The molecule has 5 heteroatoms. The Kier molecular flexibility index (Phi) is 5.63. The molecule has 0 unspecified atom stereocenters. The van der Waals surface area contributed by atoms with Gasteiger partial charge in [0.1, 0.15) is 0 Å². The van der Waals surface area contributed by atoms with E-state index in [1.165, 1.54) is 0 Å². The van der Waals surface area contributed by atoms with E-state index in [1.807, 2.05) is 0 Å². The van der Waals surface area contributed by atoms with Crippen molar-refractivity contribution in [3.05, 3.63) is 12.2 Å². The average Bonchev–Trinajstić information content (AvgIpc) is 1.86. The van der Waals surface area contributed by atoms with E-state index in [0.29, 0.717) is 18.2 Å². The fraction of sp³-hybridized carbons (Fsp3) is 0.500. The lowest BCUT2D eigenvalue weighted by Crippen LogP contribution is -2.08. The zero-order chi connectivity index (χ0) is 8.85. The Bertz CT molecular complexity index is 159. The van der Waals surface area contributed by atoms with Gasteiger partial charge in [0.25, 0.3) is 0 Å². The average molecular weight is 213 g/mol. The summed E-state index contributed by atoms with van der Waals surface area (Å²) in [6.07, 6.45) is 0. The van der Waals surface area contributed by atoms with Gasteiger partial charge in [0.15, 0.2) is 0 Å². The molecule has 0 bridgehead atoms. The Hall–Kier alpha value is 0.00688. The lowest BCUT2D eigenvalue weighted by Gasteiger charge is -2.02. The van der Waals surface area contributed by atoms with Crippen molar-refractivity contribution in [3.63, 3.8) is 0 Å². The van der Waals surface area contributed by atoms with Gasteiger partial charge in [-0.15, -0.1) is 0 Å². The maximum atomic E-state index is 10.7. The van der Waals surface area contributed by atoms with Crippen LogP contribution in [0.5, 0.6) is 0 Å². The number of carbonyl (C=O) groups is 1. The summed E-state index contributed by atoms with van der Waals surface area (Å²) in [5, 5.41) is 0. The third kappa shape index (κ3) is 6.41. The number of hydrogen-bond donors (Lipinski definition) is 0. The van der Waals surface area contributed by atoms with Crippen molar-refractivity contribution in [1.82, 2.24) is 0 Å². The van der Waals surface area contributed by atoms with Gasteiger partial charge in [-0.2, -0.15) is 22.2 Å². The number of hydrogen-bond acceptors (Lipinski definition) is 2. The molecule has 0 aromatic rings. The highest BCUT2D eigenvalue weighted by Gasteiger charge is 2.05. The number of rotatable bonds is 4. The lowest BCUT2D eigenvalue weighted by molar-refractivity contribution is -0.138. The van der Waals surface area contributed by atoms with Crippen molar-refractivity contribution >= 4 is 35.5 Å². The molecule has 0 aromatic carbocycles. The molecule has 0 N–H and O–H groups in total. The zero-order valence-electron chi connectivity index (χ0n) is 6.27.